The fraction of sp³-hybridized carbons (Fsp3) is 0.130. The lowest BCUT2D eigenvalue weighted by Crippen LogP contribution is -2.18. The topological polar surface area (TPSA) is 123 Å². The number of anilines is 4. The van der Waals surface area contributed by atoms with E-state index in [0.717, 1.165) is 11.1 Å². The third-order valence-corrected chi connectivity index (χ3v) is 5.09. The molecule has 2 aromatic carbocycles. The zero-order valence-corrected chi connectivity index (χ0v) is 18.1. The Labute approximate surface area is 189 Å². The Hall–Kier alpha value is -4.60. The SMILES string of the molecule is COC(=O)c1ccccc1N(C)c1ncnc(Nc2cccc3ccc(C)nc23)c1[N+](=O)[O-]. The normalized spacial score (nSPS) is 10.6. The van der Waals surface area contributed by atoms with E-state index in [4.69, 9.17) is 4.74 Å². The number of nitrogens with one attached hydrogen (secondary N) is 1. The quantitative estimate of drug-likeness (QED) is 0.259. The lowest BCUT2D eigenvalue weighted by Gasteiger charge is -2.21. The number of nitro groups is 1. The summed E-state index contributed by atoms with van der Waals surface area (Å²) >= 11 is 0. The first kappa shape index (κ1) is 21.6. The summed E-state index contributed by atoms with van der Waals surface area (Å²) in [6.45, 7) is 1.87. The maximum absolute atomic E-state index is 12.2. The molecule has 10 nitrogen and oxygen atoms in total. The van der Waals surface area contributed by atoms with Gasteiger partial charge in [-0.3, -0.25) is 15.1 Å². The molecule has 0 aliphatic rings. The van der Waals surface area contributed by atoms with Gasteiger partial charge in [0, 0.05) is 18.1 Å². The maximum atomic E-state index is 12.2. The van der Waals surface area contributed by atoms with Crippen molar-refractivity contribution in [2.24, 2.45) is 0 Å². The van der Waals surface area contributed by atoms with Crippen molar-refractivity contribution in [1.82, 2.24) is 15.0 Å². The highest BCUT2D eigenvalue weighted by Crippen LogP contribution is 2.38. The molecule has 10 heteroatoms. The van der Waals surface area contributed by atoms with E-state index >= 15 is 0 Å². The molecule has 1 N–H and O–H groups in total. The van der Waals surface area contributed by atoms with Gasteiger partial charge < -0.3 is 15.0 Å². The minimum atomic E-state index is -0.565. The molecule has 0 aliphatic heterocycles. The van der Waals surface area contributed by atoms with Crippen LogP contribution in [0.15, 0.2) is 60.9 Å². The Kier molecular flexibility index (Phi) is 5.81. The molecular formula is C23H20N6O4. The summed E-state index contributed by atoms with van der Waals surface area (Å²) < 4.78 is 4.84. The number of esters is 1. The van der Waals surface area contributed by atoms with Crippen LogP contribution in [-0.2, 0) is 4.74 Å². The molecule has 2 aromatic heterocycles. The minimum Gasteiger partial charge on any atom is -0.465 e. The van der Waals surface area contributed by atoms with Gasteiger partial charge >= 0.3 is 11.7 Å². The third kappa shape index (κ3) is 4.13. The smallest absolute Gasteiger partial charge is 0.354 e. The van der Waals surface area contributed by atoms with Gasteiger partial charge in [-0.1, -0.05) is 30.3 Å². The molecule has 4 aromatic rings. The van der Waals surface area contributed by atoms with Gasteiger partial charge in [-0.2, -0.15) is 0 Å². The molecule has 2 heterocycles. The van der Waals surface area contributed by atoms with E-state index in [1.165, 1.54) is 18.3 Å². The molecule has 0 aliphatic carbocycles. The number of aromatic nitrogens is 3. The lowest BCUT2D eigenvalue weighted by molar-refractivity contribution is -0.383. The van der Waals surface area contributed by atoms with Crippen LogP contribution in [0.4, 0.5) is 28.7 Å². The summed E-state index contributed by atoms with van der Waals surface area (Å²) in [5, 5.41) is 16.0. The van der Waals surface area contributed by atoms with Gasteiger partial charge in [-0.15, -0.1) is 0 Å². The van der Waals surface area contributed by atoms with Gasteiger partial charge in [-0.05, 0) is 31.2 Å². The predicted octanol–water partition coefficient (Wildman–Crippen LogP) is 4.54. The molecule has 0 saturated carbocycles. The summed E-state index contributed by atoms with van der Waals surface area (Å²) in [5.41, 5.74) is 2.36. The number of pyridine rings is 1. The number of methoxy groups -OCH3 is 1. The monoisotopic (exact) mass is 444 g/mol. The molecule has 0 atom stereocenters. The van der Waals surface area contributed by atoms with Crippen LogP contribution in [0, 0.1) is 17.0 Å². The number of benzene rings is 2. The largest absolute Gasteiger partial charge is 0.465 e. The maximum Gasteiger partial charge on any atom is 0.354 e. The average molecular weight is 444 g/mol. The van der Waals surface area contributed by atoms with Crippen molar-refractivity contribution in [2.75, 3.05) is 24.4 Å². The van der Waals surface area contributed by atoms with Gasteiger partial charge in [0.1, 0.15) is 6.33 Å². The van der Waals surface area contributed by atoms with E-state index < -0.39 is 10.9 Å². The molecule has 0 amide bonds. The number of para-hydroxylation sites is 2. The van der Waals surface area contributed by atoms with Crippen molar-refractivity contribution in [2.45, 2.75) is 6.92 Å². The van der Waals surface area contributed by atoms with Gasteiger partial charge in [-0.25, -0.2) is 14.8 Å². The Morgan fingerprint density at radius 2 is 1.88 bits per heavy atom. The van der Waals surface area contributed by atoms with Crippen LogP contribution in [0.3, 0.4) is 0 Å². The Morgan fingerprint density at radius 1 is 1.09 bits per heavy atom. The van der Waals surface area contributed by atoms with E-state index in [0.29, 0.717) is 16.9 Å². The van der Waals surface area contributed by atoms with E-state index in [2.05, 4.69) is 20.3 Å². The summed E-state index contributed by atoms with van der Waals surface area (Å²) in [4.78, 5) is 38.1. The summed E-state index contributed by atoms with van der Waals surface area (Å²) in [5.74, 6) is -0.550. The number of hydrogen-bond donors (Lipinski definition) is 1. The number of nitrogens with zero attached hydrogens (tertiary/aromatic N) is 5. The number of aryl methyl sites for hydroxylation is 1. The van der Waals surface area contributed by atoms with Gasteiger partial charge in [0.2, 0.25) is 11.6 Å². The van der Waals surface area contributed by atoms with Gasteiger partial charge in [0.25, 0.3) is 0 Å². The lowest BCUT2D eigenvalue weighted by atomic mass is 10.1. The van der Waals surface area contributed by atoms with E-state index in [-0.39, 0.29) is 22.9 Å². The van der Waals surface area contributed by atoms with Crippen LogP contribution in [0.5, 0.6) is 0 Å². The molecule has 33 heavy (non-hydrogen) atoms. The zero-order chi connectivity index (χ0) is 23.5. The molecular weight excluding hydrogens is 424 g/mol. The minimum absolute atomic E-state index is 0.00297. The number of ether oxygens (including phenoxy) is 1. The molecule has 0 bridgehead atoms. The highest BCUT2D eigenvalue weighted by atomic mass is 16.6. The molecule has 0 spiro atoms. The van der Waals surface area contributed by atoms with Crippen molar-refractivity contribution in [3.05, 3.63) is 82.3 Å². The van der Waals surface area contributed by atoms with Crippen molar-refractivity contribution in [1.29, 1.82) is 0 Å². The second-order valence-corrected chi connectivity index (χ2v) is 7.17. The first-order valence-electron chi connectivity index (χ1n) is 9.94. The van der Waals surface area contributed by atoms with Crippen molar-refractivity contribution in [3.63, 3.8) is 0 Å². The average Bonchev–Trinajstić information content (AvgIpc) is 2.83. The number of carbonyl (C=O) groups excluding carboxylic acids is 1. The first-order chi connectivity index (χ1) is 15.9. The molecule has 0 fully saturated rings. The number of carbonyl (C=O) groups is 1. The van der Waals surface area contributed by atoms with Crippen LogP contribution in [0.25, 0.3) is 10.9 Å². The van der Waals surface area contributed by atoms with Gasteiger partial charge in [0.05, 0.1) is 34.5 Å². The Balaban J connectivity index is 1.83. The molecule has 4 rings (SSSR count). The van der Waals surface area contributed by atoms with Crippen LogP contribution < -0.4 is 10.2 Å². The third-order valence-electron chi connectivity index (χ3n) is 5.09. The summed E-state index contributed by atoms with van der Waals surface area (Å²) in [7, 11) is 2.86. The number of hydrogen-bond acceptors (Lipinski definition) is 9. The molecule has 0 radical (unpaired) electrons. The van der Waals surface area contributed by atoms with E-state index in [9.17, 15) is 14.9 Å². The fourth-order valence-electron chi connectivity index (χ4n) is 3.51. The number of rotatable bonds is 6. The zero-order valence-electron chi connectivity index (χ0n) is 18.1. The standard InChI is InChI=1S/C23H20N6O4/c1-14-11-12-15-7-6-9-17(19(15)26-14)27-21-20(29(31)32)22(25-13-24-21)28(2)18-10-5-4-8-16(18)23(30)33-3/h4-13H,1-3H3,(H,24,25,27). The summed E-state index contributed by atoms with van der Waals surface area (Å²) in [6, 6.07) is 16.0. The van der Waals surface area contributed by atoms with Crippen LogP contribution >= 0.6 is 0 Å². The van der Waals surface area contributed by atoms with E-state index in [1.807, 2.05) is 31.2 Å². The van der Waals surface area contributed by atoms with Crippen molar-refractivity contribution in [3.8, 4) is 0 Å². The van der Waals surface area contributed by atoms with Gasteiger partial charge in [0.15, 0.2) is 0 Å². The van der Waals surface area contributed by atoms with Crippen LogP contribution in [0.1, 0.15) is 16.1 Å². The second kappa shape index (κ2) is 8.87. The van der Waals surface area contributed by atoms with Crippen LogP contribution in [-0.4, -0.2) is 40.0 Å². The molecule has 0 unspecified atom stereocenters. The van der Waals surface area contributed by atoms with Crippen molar-refractivity contribution >= 4 is 45.6 Å². The van der Waals surface area contributed by atoms with E-state index in [1.54, 1.807) is 37.4 Å². The Morgan fingerprint density at radius 3 is 2.64 bits per heavy atom. The molecule has 166 valence electrons. The molecule has 0 saturated heterocycles. The summed E-state index contributed by atoms with van der Waals surface area (Å²) in [6.07, 6.45) is 1.23. The first-order valence-corrected chi connectivity index (χ1v) is 9.94. The highest BCUT2D eigenvalue weighted by Gasteiger charge is 2.28. The Bertz CT molecular complexity index is 1370. The highest BCUT2D eigenvalue weighted by molar-refractivity contribution is 5.97. The second-order valence-electron chi connectivity index (χ2n) is 7.17. The predicted molar refractivity (Wildman–Crippen MR) is 124 cm³/mol. The number of fused-ring (bicyclic) bond motifs is 1. The van der Waals surface area contributed by atoms with Crippen LogP contribution in [0.2, 0.25) is 0 Å². The fourth-order valence-corrected chi connectivity index (χ4v) is 3.51. The van der Waals surface area contributed by atoms with Crippen molar-refractivity contribution < 1.29 is 14.5 Å².